The molecule has 0 saturated carbocycles. The summed E-state index contributed by atoms with van der Waals surface area (Å²) >= 11 is 0. The van der Waals surface area contributed by atoms with Crippen molar-refractivity contribution in [3.05, 3.63) is 29.3 Å². The SMILES string of the molecule is N#Cc1ccc(C2NCC3CCC2O3)cc1O[C@H]1CCNC[C@H]1F. The number of nitrogens with one attached hydrogen (secondary N) is 2. The van der Waals surface area contributed by atoms with Crippen molar-refractivity contribution in [2.24, 2.45) is 0 Å². The molecule has 1 aromatic rings. The van der Waals surface area contributed by atoms with Gasteiger partial charge in [-0.2, -0.15) is 5.26 Å². The molecular formula is C18H22FN3O2. The zero-order valence-corrected chi connectivity index (χ0v) is 13.5. The van der Waals surface area contributed by atoms with Crippen LogP contribution < -0.4 is 15.4 Å². The van der Waals surface area contributed by atoms with Crippen molar-refractivity contribution in [1.82, 2.24) is 10.6 Å². The summed E-state index contributed by atoms with van der Waals surface area (Å²) in [5, 5.41) is 15.9. The molecule has 6 heteroatoms. The van der Waals surface area contributed by atoms with Gasteiger partial charge < -0.3 is 20.1 Å². The first-order valence-electron chi connectivity index (χ1n) is 8.69. The lowest BCUT2D eigenvalue weighted by Gasteiger charge is -2.32. The third-order valence-corrected chi connectivity index (χ3v) is 5.19. The van der Waals surface area contributed by atoms with Crippen LogP contribution in [0, 0.1) is 11.3 Å². The molecule has 1 aromatic carbocycles. The van der Waals surface area contributed by atoms with Crippen LogP contribution in [0.5, 0.6) is 5.75 Å². The molecule has 2 bridgehead atoms. The Kier molecular flexibility index (Phi) is 4.40. The lowest BCUT2D eigenvalue weighted by molar-refractivity contribution is -0.0112. The Bertz CT molecular complexity index is 648. The number of hydrogen-bond donors (Lipinski definition) is 2. The zero-order valence-electron chi connectivity index (χ0n) is 13.5. The fraction of sp³-hybridized carbons (Fsp3) is 0.611. The lowest BCUT2D eigenvalue weighted by atomic mass is 9.98. The number of benzene rings is 1. The first-order valence-corrected chi connectivity index (χ1v) is 8.69. The molecule has 3 fully saturated rings. The monoisotopic (exact) mass is 331 g/mol. The van der Waals surface area contributed by atoms with E-state index >= 15 is 0 Å². The van der Waals surface area contributed by atoms with E-state index in [0.717, 1.165) is 31.5 Å². The molecule has 24 heavy (non-hydrogen) atoms. The zero-order chi connectivity index (χ0) is 16.5. The molecule has 4 rings (SSSR count). The van der Waals surface area contributed by atoms with Gasteiger partial charge in [0.15, 0.2) is 0 Å². The smallest absolute Gasteiger partial charge is 0.149 e. The quantitative estimate of drug-likeness (QED) is 0.884. The van der Waals surface area contributed by atoms with Crippen LogP contribution in [0.15, 0.2) is 18.2 Å². The maximum absolute atomic E-state index is 14.0. The van der Waals surface area contributed by atoms with E-state index in [-0.39, 0.29) is 12.1 Å². The number of rotatable bonds is 3. The Hall–Kier alpha value is -1.68. The van der Waals surface area contributed by atoms with Crippen LogP contribution in [0.2, 0.25) is 0 Å². The number of nitriles is 1. The third kappa shape index (κ3) is 3.00. The molecule has 128 valence electrons. The Labute approximate surface area is 141 Å². The molecule has 0 amide bonds. The van der Waals surface area contributed by atoms with Crippen LogP contribution in [0.4, 0.5) is 4.39 Å². The number of hydrogen-bond acceptors (Lipinski definition) is 5. The van der Waals surface area contributed by atoms with Crippen molar-refractivity contribution in [2.75, 3.05) is 19.6 Å². The minimum Gasteiger partial charge on any atom is -0.486 e. The number of halogens is 1. The Morgan fingerprint density at radius 1 is 1.25 bits per heavy atom. The molecule has 0 spiro atoms. The molecule has 3 aliphatic rings. The van der Waals surface area contributed by atoms with Crippen molar-refractivity contribution in [2.45, 2.75) is 49.8 Å². The van der Waals surface area contributed by atoms with E-state index in [1.807, 2.05) is 12.1 Å². The van der Waals surface area contributed by atoms with Crippen LogP contribution in [-0.2, 0) is 4.74 Å². The van der Waals surface area contributed by atoms with Gasteiger partial charge in [-0.25, -0.2) is 4.39 Å². The van der Waals surface area contributed by atoms with E-state index in [2.05, 4.69) is 16.7 Å². The molecule has 3 aliphatic heterocycles. The summed E-state index contributed by atoms with van der Waals surface area (Å²) in [5.74, 6) is 0.478. The minimum absolute atomic E-state index is 0.105. The molecule has 2 N–H and O–H groups in total. The molecular weight excluding hydrogens is 309 g/mol. The van der Waals surface area contributed by atoms with Crippen molar-refractivity contribution in [3.63, 3.8) is 0 Å². The van der Waals surface area contributed by atoms with Gasteiger partial charge in [0.05, 0.1) is 23.8 Å². The standard InChI is InChI=1S/C18H22FN3O2/c19-14-10-21-6-5-15(14)24-17-7-11(1-2-12(17)8-20)18-16-4-3-13(23-16)9-22-18/h1-2,7,13-16,18,21-22H,3-6,9-10H2/t13?,14-,15+,16?,18?/m1/s1. The fourth-order valence-electron chi connectivity index (χ4n) is 3.87. The molecule has 3 heterocycles. The predicted molar refractivity (Wildman–Crippen MR) is 86.6 cm³/mol. The molecule has 3 unspecified atom stereocenters. The van der Waals surface area contributed by atoms with E-state index in [9.17, 15) is 9.65 Å². The van der Waals surface area contributed by atoms with Gasteiger partial charge in [-0.3, -0.25) is 0 Å². The highest BCUT2D eigenvalue weighted by atomic mass is 19.1. The summed E-state index contributed by atoms with van der Waals surface area (Å²) < 4.78 is 25.9. The number of morpholine rings is 1. The summed E-state index contributed by atoms with van der Waals surface area (Å²) in [7, 11) is 0. The molecule has 0 aliphatic carbocycles. The number of nitrogens with zero attached hydrogens (tertiary/aromatic N) is 1. The van der Waals surface area contributed by atoms with Crippen LogP contribution in [0.25, 0.3) is 0 Å². The topological polar surface area (TPSA) is 66.3 Å². The highest BCUT2D eigenvalue weighted by molar-refractivity contribution is 5.46. The maximum atomic E-state index is 14.0. The van der Waals surface area contributed by atoms with Gasteiger partial charge in [0, 0.05) is 13.1 Å². The van der Waals surface area contributed by atoms with Crippen molar-refractivity contribution in [3.8, 4) is 11.8 Å². The molecule has 0 radical (unpaired) electrons. The number of piperidine rings is 1. The van der Waals surface area contributed by atoms with Gasteiger partial charge in [-0.05, 0) is 43.5 Å². The molecule has 5 atom stereocenters. The van der Waals surface area contributed by atoms with Gasteiger partial charge >= 0.3 is 0 Å². The van der Waals surface area contributed by atoms with Gasteiger partial charge in [0.25, 0.3) is 0 Å². The van der Waals surface area contributed by atoms with E-state index in [1.54, 1.807) is 6.07 Å². The fourth-order valence-corrected chi connectivity index (χ4v) is 3.87. The first-order chi connectivity index (χ1) is 11.7. The Morgan fingerprint density at radius 3 is 3.00 bits per heavy atom. The van der Waals surface area contributed by atoms with Crippen molar-refractivity contribution >= 4 is 0 Å². The van der Waals surface area contributed by atoms with E-state index in [1.165, 1.54) is 0 Å². The van der Waals surface area contributed by atoms with Crippen molar-refractivity contribution in [1.29, 1.82) is 5.26 Å². The molecule has 0 aromatic heterocycles. The van der Waals surface area contributed by atoms with E-state index in [4.69, 9.17) is 9.47 Å². The summed E-state index contributed by atoms with van der Waals surface area (Å²) in [6.45, 7) is 1.88. The van der Waals surface area contributed by atoms with Crippen LogP contribution in [-0.4, -0.2) is 44.1 Å². The van der Waals surface area contributed by atoms with Crippen LogP contribution >= 0.6 is 0 Å². The van der Waals surface area contributed by atoms with E-state index < -0.39 is 12.3 Å². The summed E-state index contributed by atoms with van der Waals surface area (Å²) in [4.78, 5) is 0. The van der Waals surface area contributed by atoms with Gasteiger partial charge in [0.2, 0.25) is 0 Å². The molecule has 5 nitrogen and oxygen atoms in total. The van der Waals surface area contributed by atoms with Gasteiger partial charge in [0.1, 0.15) is 24.1 Å². The first kappa shape index (κ1) is 15.8. The predicted octanol–water partition coefficient (Wildman–Crippen LogP) is 1.83. The highest BCUT2D eigenvalue weighted by Crippen LogP contribution is 2.36. The summed E-state index contributed by atoms with van der Waals surface area (Å²) in [6, 6.07) is 7.85. The van der Waals surface area contributed by atoms with E-state index in [0.29, 0.717) is 30.4 Å². The second-order valence-electron chi connectivity index (χ2n) is 6.79. The average molecular weight is 331 g/mol. The van der Waals surface area contributed by atoms with Crippen molar-refractivity contribution < 1.29 is 13.9 Å². The maximum Gasteiger partial charge on any atom is 0.149 e. The third-order valence-electron chi connectivity index (χ3n) is 5.19. The van der Waals surface area contributed by atoms with Gasteiger partial charge in [-0.15, -0.1) is 0 Å². The number of alkyl halides is 1. The minimum atomic E-state index is -1.05. The Morgan fingerprint density at radius 2 is 2.17 bits per heavy atom. The number of ether oxygens (including phenoxy) is 2. The second-order valence-corrected chi connectivity index (χ2v) is 6.79. The summed E-state index contributed by atoms with van der Waals surface area (Å²) in [6.07, 6.45) is 1.66. The summed E-state index contributed by atoms with van der Waals surface area (Å²) in [5.41, 5.74) is 1.49. The average Bonchev–Trinajstić information content (AvgIpc) is 2.98. The number of fused-ring (bicyclic) bond motifs is 2. The Balaban J connectivity index is 1.57. The largest absolute Gasteiger partial charge is 0.486 e. The lowest BCUT2D eigenvalue weighted by Crippen LogP contribution is -2.44. The van der Waals surface area contributed by atoms with Crippen LogP contribution in [0.1, 0.15) is 36.4 Å². The normalized spacial score (nSPS) is 35.4. The second kappa shape index (κ2) is 6.67. The van der Waals surface area contributed by atoms with Crippen LogP contribution in [0.3, 0.4) is 0 Å². The highest BCUT2D eigenvalue weighted by Gasteiger charge is 2.37. The molecule has 3 saturated heterocycles. The van der Waals surface area contributed by atoms with Gasteiger partial charge in [-0.1, -0.05) is 6.07 Å².